The van der Waals surface area contributed by atoms with E-state index in [4.69, 9.17) is 0 Å². The number of amidine groups is 1. The molecule has 2 aliphatic heterocycles. The molecule has 1 fully saturated rings. The van der Waals surface area contributed by atoms with E-state index in [1.54, 1.807) is 24.3 Å². The van der Waals surface area contributed by atoms with Crippen LogP contribution >= 0.6 is 11.8 Å². The lowest BCUT2D eigenvalue weighted by atomic mass is 10.1. The van der Waals surface area contributed by atoms with Crippen LogP contribution in [-0.2, 0) is 16.1 Å². The molecule has 0 radical (unpaired) electrons. The summed E-state index contributed by atoms with van der Waals surface area (Å²) in [5, 5.41) is 5.97. The molecule has 0 unspecified atom stereocenters. The van der Waals surface area contributed by atoms with Gasteiger partial charge in [-0.05, 0) is 55.5 Å². The van der Waals surface area contributed by atoms with Gasteiger partial charge in [-0.2, -0.15) is 4.99 Å². The second-order valence-electron chi connectivity index (χ2n) is 8.33. The molecule has 0 spiro atoms. The lowest BCUT2D eigenvalue weighted by Crippen LogP contribution is -2.33. The summed E-state index contributed by atoms with van der Waals surface area (Å²) in [5.74, 6) is -0.732. The SMILES string of the molecule is Cc1ccccc1CNC(=O)c1cccc(NC(=O)C[C@H]2SC(N3CCCCC3)=NC2=O)c1. The average molecular weight is 465 g/mol. The zero-order valence-electron chi connectivity index (χ0n) is 18.7. The van der Waals surface area contributed by atoms with Gasteiger partial charge >= 0.3 is 0 Å². The number of nitrogens with zero attached hydrogens (tertiary/aromatic N) is 2. The van der Waals surface area contributed by atoms with E-state index in [9.17, 15) is 14.4 Å². The van der Waals surface area contributed by atoms with Crippen LogP contribution in [0.2, 0.25) is 0 Å². The van der Waals surface area contributed by atoms with Crippen molar-refractivity contribution in [1.29, 1.82) is 0 Å². The van der Waals surface area contributed by atoms with E-state index < -0.39 is 5.25 Å². The van der Waals surface area contributed by atoms with Gasteiger partial charge in [-0.3, -0.25) is 14.4 Å². The molecule has 7 nitrogen and oxygen atoms in total. The number of rotatable bonds is 6. The number of carbonyl (C=O) groups is 3. The predicted molar refractivity (Wildman–Crippen MR) is 131 cm³/mol. The first-order valence-electron chi connectivity index (χ1n) is 11.3. The maximum absolute atomic E-state index is 12.6. The summed E-state index contributed by atoms with van der Waals surface area (Å²) >= 11 is 1.38. The number of carbonyl (C=O) groups excluding carboxylic acids is 3. The van der Waals surface area contributed by atoms with E-state index in [1.807, 2.05) is 31.2 Å². The Kier molecular flexibility index (Phi) is 7.44. The van der Waals surface area contributed by atoms with E-state index in [0.717, 1.165) is 42.2 Å². The number of amides is 3. The maximum Gasteiger partial charge on any atom is 0.262 e. The molecule has 3 amide bonds. The Morgan fingerprint density at radius 1 is 1.09 bits per heavy atom. The third-order valence-corrected chi connectivity index (χ3v) is 7.05. The number of thioether (sulfide) groups is 1. The molecule has 0 aromatic heterocycles. The van der Waals surface area contributed by atoms with Gasteiger partial charge in [0.05, 0.1) is 0 Å². The van der Waals surface area contributed by atoms with Gasteiger partial charge in [0.1, 0.15) is 5.25 Å². The molecule has 2 aromatic rings. The first-order chi connectivity index (χ1) is 16.0. The summed E-state index contributed by atoms with van der Waals surface area (Å²) in [6.45, 7) is 4.27. The van der Waals surface area contributed by atoms with Crippen molar-refractivity contribution >= 4 is 40.3 Å². The van der Waals surface area contributed by atoms with Crippen molar-refractivity contribution in [3.8, 4) is 0 Å². The molecule has 2 heterocycles. The maximum atomic E-state index is 12.6. The fourth-order valence-electron chi connectivity index (χ4n) is 3.93. The highest BCUT2D eigenvalue weighted by molar-refractivity contribution is 8.15. The Labute approximate surface area is 198 Å². The van der Waals surface area contributed by atoms with Crippen LogP contribution in [0.15, 0.2) is 53.5 Å². The Balaban J connectivity index is 1.30. The standard InChI is InChI=1S/C25H28N4O3S/c1-17-8-3-4-9-19(17)16-26-23(31)18-10-7-11-20(14-18)27-22(30)15-21-24(32)28-25(33-21)29-12-5-2-6-13-29/h3-4,7-11,14,21H,2,5-6,12-13,15-16H2,1H3,(H,26,31)(H,27,30)/t21-/m1/s1. The number of hydrogen-bond acceptors (Lipinski definition) is 5. The van der Waals surface area contributed by atoms with E-state index in [-0.39, 0.29) is 24.1 Å². The van der Waals surface area contributed by atoms with Gasteiger partial charge in [0.2, 0.25) is 5.91 Å². The number of benzene rings is 2. The third-order valence-electron chi connectivity index (χ3n) is 5.84. The van der Waals surface area contributed by atoms with Gasteiger partial charge in [0.25, 0.3) is 11.8 Å². The fraction of sp³-hybridized carbons (Fsp3) is 0.360. The van der Waals surface area contributed by atoms with Gasteiger partial charge in [-0.15, -0.1) is 0 Å². The fourth-order valence-corrected chi connectivity index (χ4v) is 5.05. The largest absolute Gasteiger partial charge is 0.351 e. The minimum absolute atomic E-state index is 0.0497. The number of hydrogen-bond donors (Lipinski definition) is 2. The zero-order chi connectivity index (χ0) is 23.2. The van der Waals surface area contributed by atoms with Gasteiger partial charge in [0, 0.05) is 37.3 Å². The first-order valence-corrected chi connectivity index (χ1v) is 12.1. The predicted octanol–water partition coefficient (Wildman–Crippen LogP) is 3.74. The van der Waals surface area contributed by atoms with E-state index in [0.29, 0.717) is 17.8 Å². The molecule has 4 rings (SSSR count). The van der Waals surface area contributed by atoms with Crippen molar-refractivity contribution in [2.24, 2.45) is 4.99 Å². The lowest BCUT2D eigenvalue weighted by molar-refractivity contribution is -0.121. The normalized spacial score (nSPS) is 18.1. The first kappa shape index (κ1) is 23.0. The van der Waals surface area contributed by atoms with Gasteiger partial charge in [-0.1, -0.05) is 42.1 Å². The summed E-state index contributed by atoms with van der Waals surface area (Å²) in [4.78, 5) is 43.8. The molecule has 0 saturated carbocycles. The topological polar surface area (TPSA) is 90.9 Å². The number of piperidine rings is 1. The van der Waals surface area contributed by atoms with Crippen molar-refractivity contribution in [3.63, 3.8) is 0 Å². The smallest absolute Gasteiger partial charge is 0.262 e. The molecule has 1 atom stereocenters. The van der Waals surface area contributed by atoms with Crippen molar-refractivity contribution < 1.29 is 14.4 Å². The molecule has 33 heavy (non-hydrogen) atoms. The minimum atomic E-state index is -0.498. The summed E-state index contributed by atoms with van der Waals surface area (Å²) in [5.41, 5.74) is 3.16. The van der Waals surface area contributed by atoms with Crippen LogP contribution in [0.3, 0.4) is 0 Å². The lowest BCUT2D eigenvalue weighted by Gasteiger charge is -2.27. The van der Waals surface area contributed by atoms with Crippen LogP contribution < -0.4 is 10.6 Å². The van der Waals surface area contributed by atoms with Gasteiger partial charge in [-0.25, -0.2) is 0 Å². The highest BCUT2D eigenvalue weighted by atomic mass is 32.2. The number of likely N-dealkylation sites (tertiary alicyclic amines) is 1. The summed E-state index contributed by atoms with van der Waals surface area (Å²) in [6, 6.07) is 14.7. The van der Waals surface area contributed by atoms with Crippen LogP contribution in [0.5, 0.6) is 0 Å². The van der Waals surface area contributed by atoms with Crippen LogP contribution in [0.1, 0.15) is 47.2 Å². The monoisotopic (exact) mass is 464 g/mol. The molecule has 0 aliphatic carbocycles. The highest BCUT2D eigenvalue weighted by Gasteiger charge is 2.33. The molecule has 172 valence electrons. The quantitative estimate of drug-likeness (QED) is 0.680. The Morgan fingerprint density at radius 2 is 1.88 bits per heavy atom. The van der Waals surface area contributed by atoms with Crippen molar-refractivity contribution in [3.05, 3.63) is 65.2 Å². The van der Waals surface area contributed by atoms with Crippen molar-refractivity contribution in [2.45, 2.75) is 44.4 Å². The van der Waals surface area contributed by atoms with E-state index >= 15 is 0 Å². The number of aliphatic imine (C=N–C) groups is 1. The van der Waals surface area contributed by atoms with Crippen molar-refractivity contribution in [2.75, 3.05) is 18.4 Å². The molecular weight excluding hydrogens is 436 g/mol. The van der Waals surface area contributed by atoms with Crippen molar-refractivity contribution in [1.82, 2.24) is 10.2 Å². The minimum Gasteiger partial charge on any atom is -0.351 e. The third kappa shape index (κ3) is 6.01. The second kappa shape index (κ2) is 10.7. The number of anilines is 1. The molecule has 1 saturated heterocycles. The summed E-state index contributed by atoms with van der Waals surface area (Å²) in [6.07, 6.45) is 3.47. The van der Waals surface area contributed by atoms with Gasteiger partial charge < -0.3 is 15.5 Å². The van der Waals surface area contributed by atoms with E-state index in [2.05, 4.69) is 20.5 Å². The molecule has 2 aromatic carbocycles. The molecule has 2 N–H and O–H groups in total. The average Bonchev–Trinajstić information content (AvgIpc) is 3.19. The number of nitrogens with one attached hydrogen (secondary N) is 2. The van der Waals surface area contributed by atoms with Crippen LogP contribution in [0.25, 0.3) is 0 Å². The molecule has 8 heteroatoms. The highest BCUT2D eigenvalue weighted by Crippen LogP contribution is 2.29. The second-order valence-corrected chi connectivity index (χ2v) is 9.50. The summed E-state index contributed by atoms with van der Waals surface area (Å²) in [7, 11) is 0. The molecule has 2 aliphatic rings. The zero-order valence-corrected chi connectivity index (χ0v) is 19.5. The Bertz CT molecular complexity index is 1080. The van der Waals surface area contributed by atoms with Crippen LogP contribution in [0.4, 0.5) is 5.69 Å². The number of aryl methyl sites for hydroxylation is 1. The molecular formula is C25H28N4O3S. The Hall–Kier alpha value is -3.13. The molecule has 0 bridgehead atoms. The van der Waals surface area contributed by atoms with Crippen LogP contribution in [0, 0.1) is 6.92 Å². The Morgan fingerprint density at radius 3 is 2.67 bits per heavy atom. The van der Waals surface area contributed by atoms with Gasteiger partial charge in [0.15, 0.2) is 5.17 Å². The van der Waals surface area contributed by atoms with Crippen LogP contribution in [-0.4, -0.2) is 46.1 Å². The summed E-state index contributed by atoms with van der Waals surface area (Å²) < 4.78 is 0. The van der Waals surface area contributed by atoms with E-state index in [1.165, 1.54) is 18.2 Å².